The normalized spacial score (nSPS) is 10.3. The second-order valence-electron chi connectivity index (χ2n) is 4.80. The Bertz CT molecular complexity index is 781. The van der Waals surface area contributed by atoms with E-state index in [1.807, 2.05) is 0 Å². The van der Waals surface area contributed by atoms with Gasteiger partial charge in [-0.3, -0.25) is 10.1 Å². The highest BCUT2D eigenvalue weighted by molar-refractivity contribution is 5.95. The van der Waals surface area contributed by atoms with Gasteiger partial charge in [-0.15, -0.1) is 0 Å². The van der Waals surface area contributed by atoms with Gasteiger partial charge in [-0.25, -0.2) is 13.6 Å². The summed E-state index contributed by atoms with van der Waals surface area (Å²) in [6, 6.07) is 6.82. The maximum absolute atomic E-state index is 13.6. The van der Waals surface area contributed by atoms with Crippen LogP contribution in [0.4, 0.5) is 20.2 Å². The van der Waals surface area contributed by atoms with Crippen LogP contribution in [0.25, 0.3) is 0 Å². The van der Waals surface area contributed by atoms with E-state index < -0.39 is 28.2 Å². The largest absolute Gasteiger partial charge is 0.462 e. The van der Waals surface area contributed by atoms with Gasteiger partial charge >= 0.3 is 5.97 Å². The molecule has 8 heteroatoms. The Morgan fingerprint density at radius 1 is 1.25 bits per heavy atom. The van der Waals surface area contributed by atoms with Crippen molar-refractivity contribution < 1.29 is 23.2 Å². The number of nitrogens with zero attached hydrogens (tertiary/aromatic N) is 1. The molecule has 24 heavy (non-hydrogen) atoms. The smallest absolute Gasteiger partial charge is 0.345 e. The van der Waals surface area contributed by atoms with Gasteiger partial charge in [-0.2, -0.15) is 0 Å². The van der Waals surface area contributed by atoms with Crippen LogP contribution in [0.1, 0.15) is 22.8 Å². The fourth-order valence-corrected chi connectivity index (χ4v) is 2.05. The standard InChI is InChI=1S/C16H14F2N2O4/c1-2-24-16(21)13-8-12(4-6-15(13)20(22)23)19-9-10-7-11(17)3-5-14(10)18/h3-8,19H,2,9H2,1H3. The molecule has 1 N–H and O–H groups in total. The van der Waals surface area contributed by atoms with Gasteiger partial charge in [0.25, 0.3) is 5.69 Å². The predicted octanol–water partition coefficient (Wildman–Crippen LogP) is 3.66. The first-order valence-electron chi connectivity index (χ1n) is 7.05. The molecule has 0 atom stereocenters. The zero-order chi connectivity index (χ0) is 17.7. The molecule has 0 spiro atoms. The fraction of sp³-hybridized carbons (Fsp3) is 0.188. The lowest BCUT2D eigenvalue weighted by Crippen LogP contribution is -2.09. The van der Waals surface area contributed by atoms with Crippen LogP contribution in [0.15, 0.2) is 36.4 Å². The van der Waals surface area contributed by atoms with Gasteiger partial charge in [0.2, 0.25) is 0 Å². The Hall–Kier alpha value is -3.03. The summed E-state index contributed by atoms with van der Waals surface area (Å²) >= 11 is 0. The Balaban J connectivity index is 2.24. The fourth-order valence-electron chi connectivity index (χ4n) is 2.05. The van der Waals surface area contributed by atoms with E-state index in [1.54, 1.807) is 6.92 Å². The number of carbonyl (C=O) groups is 1. The van der Waals surface area contributed by atoms with E-state index in [4.69, 9.17) is 4.74 Å². The highest BCUT2D eigenvalue weighted by Crippen LogP contribution is 2.24. The molecule has 126 valence electrons. The van der Waals surface area contributed by atoms with Gasteiger partial charge in [0.05, 0.1) is 11.5 Å². The van der Waals surface area contributed by atoms with Crippen LogP contribution in [-0.2, 0) is 11.3 Å². The Morgan fingerprint density at radius 3 is 2.67 bits per heavy atom. The molecular weight excluding hydrogens is 322 g/mol. The van der Waals surface area contributed by atoms with E-state index in [0.717, 1.165) is 24.3 Å². The Morgan fingerprint density at radius 2 is 2.00 bits per heavy atom. The Kier molecular flexibility index (Phi) is 5.41. The number of nitrogens with one attached hydrogen (secondary N) is 1. The summed E-state index contributed by atoms with van der Waals surface area (Å²) in [7, 11) is 0. The van der Waals surface area contributed by atoms with Crippen molar-refractivity contribution in [2.75, 3.05) is 11.9 Å². The minimum absolute atomic E-state index is 0.0519. The van der Waals surface area contributed by atoms with Crippen molar-refractivity contribution in [2.24, 2.45) is 0 Å². The molecule has 0 aliphatic carbocycles. The van der Waals surface area contributed by atoms with Crippen molar-refractivity contribution in [3.63, 3.8) is 0 Å². The molecule has 0 bridgehead atoms. The molecule has 0 saturated heterocycles. The zero-order valence-corrected chi connectivity index (χ0v) is 12.7. The molecule has 2 aromatic carbocycles. The maximum Gasteiger partial charge on any atom is 0.345 e. The number of nitro benzene ring substituents is 1. The van der Waals surface area contributed by atoms with E-state index in [-0.39, 0.29) is 24.3 Å². The molecule has 0 heterocycles. The number of nitro groups is 1. The topological polar surface area (TPSA) is 81.5 Å². The third-order valence-corrected chi connectivity index (χ3v) is 3.18. The zero-order valence-electron chi connectivity index (χ0n) is 12.7. The third kappa shape index (κ3) is 4.03. The molecular formula is C16H14F2N2O4. The summed E-state index contributed by atoms with van der Waals surface area (Å²) in [6.45, 7) is 1.60. The van der Waals surface area contributed by atoms with Crippen LogP contribution < -0.4 is 5.32 Å². The lowest BCUT2D eigenvalue weighted by molar-refractivity contribution is -0.385. The molecule has 2 rings (SSSR count). The number of hydrogen-bond donors (Lipinski definition) is 1. The lowest BCUT2D eigenvalue weighted by Gasteiger charge is -2.10. The van der Waals surface area contributed by atoms with E-state index >= 15 is 0 Å². The van der Waals surface area contributed by atoms with E-state index in [1.165, 1.54) is 12.1 Å². The van der Waals surface area contributed by atoms with E-state index in [9.17, 15) is 23.7 Å². The predicted molar refractivity (Wildman–Crippen MR) is 82.7 cm³/mol. The average Bonchev–Trinajstić information content (AvgIpc) is 2.55. The third-order valence-electron chi connectivity index (χ3n) is 3.18. The number of carbonyl (C=O) groups excluding carboxylic acids is 1. The van der Waals surface area contributed by atoms with Gasteiger partial charge in [0.1, 0.15) is 17.2 Å². The highest BCUT2D eigenvalue weighted by atomic mass is 19.1. The summed E-state index contributed by atoms with van der Waals surface area (Å²) < 4.78 is 31.5. The lowest BCUT2D eigenvalue weighted by atomic mass is 10.1. The molecule has 2 aromatic rings. The summed E-state index contributed by atoms with van der Waals surface area (Å²) in [6.07, 6.45) is 0. The van der Waals surface area contributed by atoms with E-state index in [0.29, 0.717) is 5.69 Å². The van der Waals surface area contributed by atoms with Crippen LogP contribution in [0.3, 0.4) is 0 Å². The van der Waals surface area contributed by atoms with E-state index in [2.05, 4.69) is 5.32 Å². The first kappa shape index (κ1) is 17.3. The molecule has 0 amide bonds. The SMILES string of the molecule is CCOC(=O)c1cc(NCc2cc(F)ccc2F)ccc1[N+](=O)[O-]. The summed E-state index contributed by atoms with van der Waals surface area (Å²) in [5.41, 5.74) is -0.180. The number of ether oxygens (including phenoxy) is 1. The molecule has 0 aliphatic heterocycles. The number of benzene rings is 2. The van der Waals surface area contributed by atoms with Crippen LogP contribution in [-0.4, -0.2) is 17.5 Å². The average molecular weight is 336 g/mol. The molecule has 6 nitrogen and oxygen atoms in total. The minimum atomic E-state index is -0.829. The van der Waals surface area contributed by atoms with Crippen molar-refractivity contribution >= 4 is 17.3 Å². The first-order valence-corrected chi connectivity index (χ1v) is 7.05. The number of esters is 1. The number of hydrogen-bond acceptors (Lipinski definition) is 5. The molecule has 0 radical (unpaired) electrons. The second kappa shape index (κ2) is 7.49. The number of anilines is 1. The van der Waals surface area contributed by atoms with Crippen LogP contribution >= 0.6 is 0 Å². The number of halogens is 2. The van der Waals surface area contributed by atoms with Gasteiger partial charge in [0, 0.05) is 23.9 Å². The number of rotatable bonds is 6. The molecule has 0 unspecified atom stereocenters. The van der Waals surface area contributed by atoms with Crippen molar-refractivity contribution in [1.82, 2.24) is 0 Å². The second-order valence-corrected chi connectivity index (χ2v) is 4.80. The van der Waals surface area contributed by atoms with Gasteiger partial charge in [-0.05, 0) is 37.3 Å². The summed E-state index contributed by atoms with van der Waals surface area (Å²) in [4.78, 5) is 22.1. The van der Waals surface area contributed by atoms with Gasteiger partial charge < -0.3 is 10.1 Å². The molecule has 0 saturated carbocycles. The maximum atomic E-state index is 13.6. The van der Waals surface area contributed by atoms with Crippen molar-refractivity contribution in [1.29, 1.82) is 0 Å². The monoisotopic (exact) mass is 336 g/mol. The molecule has 0 fully saturated rings. The minimum Gasteiger partial charge on any atom is -0.462 e. The summed E-state index contributed by atoms with van der Waals surface area (Å²) in [5, 5.41) is 13.8. The van der Waals surface area contributed by atoms with Crippen LogP contribution in [0.5, 0.6) is 0 Å². The Labute approximate surface area is 136 Å². The summed E-state index contributed by atoms with van der Waals surface area (Å²) in [5.74, 6) is -2.00. The van der Waals surface area contributed by atoms with Crippen molar-refractivity contribution in [3.05, 3.63) is 69.3 Å². The highest BCUT2D eigenvalue weighted by Gasteiger charge is 2.21. The van der Waals surface area contributed by atoms with Crippen molar-refractivity contribution in [3.8, 4) is 0 Å². The van der Waals surface area contributed by atoms with Gasteiger partial charge in [0.15, 0.2) is 0 Å². The quantitative estimate of drug-likeness (QED) is 0.494. The molecule has 0 aromatic heterocycles. The van der Waals surface area contributed by atoms with Crippen LogP contribution in [0, 0.1) is 21.7 Å². The first-order chi connectivity index (χ1) is 11.4. The van der Waals surface area contributed by atoms with Crippen molar-refractivity contribution in [2.45, 2.75) is 13.5 Å². The van der Waals surface area contributed by atoms with Gasteiger partial charge in [-0.1, -0.05) is 0 Å². The van der Waals surface area contributed by atoms with Crippen LogP contribution in [0.2, 0.25) is 0 Å². The molecule has 0 aliphatic rings.